The van der Waals surface area contributed by atoms with Gasteiger partial charge in [-0.05, 0) is 43.5 Å². The van der Waals surface area contributed by atoms with Gasteiger partial charge in [-0.15, -0.1) is 11.3 Å². The molecule has 0 amide bonds. The SMILES string of the molecule is CSC(C)CCNCc1csc(-c2ccc(F)cc2)n1. The first-order valence-corrected chi connectivity index (χ1v) is 8.79. The molecule has 1 heterocycles. The van der Waals surface area contributed by atoms with Crippen LogP contribution in [0.4, 0.5) is 4.39 Å². The molecule has 5 heteroatoms. The Hall–Kier alpha value is -0.910. The third-order valence-corrected chi connectivity index (χ3v) is 5.06. The first-order valence-electron chi connectivity index (χ1n) is 6.63. The molecule has 0 saturated carbocycles. The Kier molecular flexibility index (Phi) is 6.01. The lowest BCUT2D eigenvalue weighted by atomic mass is 10.2. The van der Waals surface area contributed by atoms with Crippen molar-refractivity contribution in [3.05, 3.63) is 41.2 Å². The average Bonchev–Trinajstić information content (AvgIpc) is 2.93. The minimum Gasteiger partial charge on any atom is -0.311 e. The molecule has 0 bridgehead atoms. The molecule has 0 radical (unpaired) electrons. The van der Waals surface area contributed by atoms with Crippen LogP contribution in [0.2, 0.25) is 0 Å². The highest BCUT2D eigenvalue weighted by atomic mass is 32.2. The molecular weight excluding hydrogens is 291 g/mol. The second-order valence-electron chi connectivity index (χ2n) is 4.66. The molecule has 2 aromatic rings. The molecule has 1 aromatic heterocycles. The highest BCUT2D eigenvalue weighted by molar-refractivity contribution is 7.99. The van der Waals surface area contributed by atoms with E-state index in [1.54, 1.807) is 23.5 Å². The van der Waals surface area contributed by atoms with E-state index in [-0.39, 0.29) is 5.82 Å². The van der Waals surface area contributed by atoms with Crippen molar-refractivity contribution in [1.82, 2.24) is 10.3 Å². The maximum absolute atomic E-state index is 12.9. The Balaban J connectivity index is 1.85. The molecule has 1 unspecified atom stereocenters. The summed E-state index contributed by atoms with van der Waals surface area (Å²) in [5.41, 5.74) is 2.02. The van der Waals surface area contributed by atoms with Gasteiger partial charge in [-0.2, -0.15) is 11.8 Å². The zero-order chi connectivity index (χ0) is 14.4. The molecule has 0 fully saturated rings. The second kappa shape index (κ2) is 7.76. The van der Waals surface area contributed by atoms with Crippen molar-refractivity contribution in [3.63, 3.8) is 0 Å². The Morgan fingerprint density at radius 3 is 2.80 bits per heavy atom. The van der Waals surface area contributed by atoms with Crippen LogP contribution >= 0.6 is 23.1 Å². The predicted molar refractivity (Wildman–Crippen MR) is 86.8 cm³/mol. The van der Waals surface area contributed by atoms with Gasteiger partial charge in [0.15, 0.2) is 0 Å². The van der Waals surface area contributed by atoms with Gasteiger partial charge in [0.2, 0.25) is 0 Å². The lowest BCUT2D eigenvalue weighted by Gasteiger charge is -2.07. The summed E-state index contributed by atoms with van der Waals surface area (Å²) in [6, 6.07) is 6.48. The smallest absolute Gasteiger partial charge is 0.123 e. The fourth-order valence-corrected chi connectivity index (χ4v) is 2.93. The van der Waals surface area contributed by atoms with E-state index in [0.29, 0.717) is 5.25 Å². The standard InChI is InChI=1S/C15H19FN2S2/c1-11(19-2)7-8-17-9-14-10-20-15(18-14)12-3-5-13(16)6-4-12/h3-6,10-11,17H,7-9H2,1-2H3. The van der Waals surface area contributed by atoms with Crippen molar-refractivity contribution in [1.29, 1.82) is 0 Å². The van der Waals surface area contributed by atoms with E-state index in [9.17, 15) is 4.39 Å². The third kappa shape index (κ3) is 4.58. The van der Waals surface area contributed by atoms with Crippen LogP contribution in [0.15, 0.2) is 29.6 Å². The van der Waals surface area contributed by atoms with Crippen LogP contribution in [-0.2, 0) is 6.54 Å². The van der Waals surface area contributed by atoms with Crippen LogP contribution in [0.1, 0.15) is 19.0 Å². The lowest BCUT2D eigenvalue weighted by Crippen LogP contribution is -2.17. The molecule has 0 aliphatic carbocycles. The van der Waals surface area contributed by atoms with Crippen LogP contribution in [-0.4, -0.2) is 23.0 Å². The third-order valence-electron chi connectivity index (χ3n) is 3.08. The van der Waals surface area contributed by atoms with Crippen molar-refractivity contribution < 1.29 is 4.39 Å². The lowest BCUT2D eigenvalue weighted by molar-refractivity contribution is 0.628. The number of nitrogens with one attached hydrogen (secondary N) is 1. The van der Waals surface area contributed by atoms with Crippen molar-refractivity contribution in [3.8, 4) is 10.6 Å². The summed E-state index contributed by atoms with van der Waals surface area (Å²) in [6.07, 6.45) is 3.30. The van der Waals surface area contributed by atoms with Gasteiger partial charge >= 0.3 is 0 Å². The van der Waals surface area contributed by atoms with E-state index in [1.807, 2.05) is 11.8 Å². The monoisotopic (exact) mass is 310 g/mol. The minimum absolute atomic E-state index is 0.213. The molecule has 0 aliphatic rings. The zero-order valence-corrected chi connectivity index (χ0v) is 13.4. The van der Waals surface area contributed by atoms with E-state index < -0.39 is 0 Å². The largest absolute Gasteiger partial charge is 0.311 e. The molecule has 2 rings (SSSR count). The van der Waals surface area contributed by atoms with Crippen molar-refractivity contribution in [2.75, 3.05) is 12.8 Å². The maximum atomic E-state index is 12.9. The van der Waals surface area contributed by atoms with Crippen LogP contribution in [0.25, 0.3) is 10.6 Å². The van der Waals surface area contributed by atoms with Crippen LogP contribution < -0.4 is 5.32 Å². The number of hydrogen-bond acceptors (Lipinski definition) is 4. The molecular formula is C15H19FN2S2. The van der Waals surface area contributed by atoms with Gasteiger partial charge < -0.3 is 5.32 Å². The molecule has 2 nitrogen and oxygen atoms in total. The van der Waals surface area contributed by atoms with Gasteiger partial charge in [0.25, 0.3) is 0 Å². The second-order valence-corrected chi connectivity index (χ2v) is 6.80. The normalized spacial score (nSPS) is 12.6. The van der Waals surface area contributed by atoms with Crippen LogP contribution in [0, 0.1) is 5.82 Å². The first kappa shape index (κ1) is 15.5. The summed E-state index contributed by atoms with van der Waals surface area (Å²) in [5, 5.41) is 7.10. The van der Waals surface area contributed by atoms with E-state index in [2.05, 4.69) is 28.9 Å². The molecule has 1 aromatic carbocycles. The molecule has 1 atom stereocenters. The summed E-state index contributed by atoms with van der Waals surface area (Å²) in [6.45, 7) is 4.03. The number of thiazole rings is 1. The Bertz CT molecular complexity index is 525. The topological polar surface area (TPSA) is 24.9 Å². The number of halogens is 1. The summed E-state index contributed by atoms with van der Waals surface area (Å²) < 4.78 is 12.9. The Morgan fingerprint density at radius 2 is 2.10 bits per heavy atom. The molecule has 20 heavy (non-hydrogen) atoms. The quantitative estimate of drug-likeness (QED) is 0.777. The summed E-state index contributed by atoms with van der Waals surface area (Å²) in [5.74, 6) is -0.213. The summed E-state index contributed by atoms with van der Waals surface area (Å²) in [4.78, 5) is 4.58. The van der Waals surface area contributed by atoms with E-state index in [0.717, 1.165) is 35.8 Å². The zero-order valence-electron chi connectivity index (χ0n) is 11.7. The number of nitrogens with zero attached hydrogens (tertiary/aromatic N) is 1. The highest BCUT2D eigenvalue weighted by Crippen LogP contribution is 2.23. The minimum atomic E-state index is -0.213. The summed E-state index contributed by atoms with van der Waals surface area (Å²) >= 11 is 3.49. The van der Waals surface area contributed by atoms with Gasteiger partial charge in [0.1, 0.15) is 10.8 Å². The van der Waals surface area contributed by atoms with Crippen molar-refractivity contribution in [2.24, 2.45) is 0 Å². The number of hydrogen-bond donors (Lipinski definition) is 1. The van der Waals surface area contributed by atoms with Gasteiger partial charge in [0.05, 0.1) is 5.69 Å². The molecule has 108 valence electrons. The molecule has 1 N–H and O–H groups in total. The number of benzene rings is 1. The first-order chi connectivity index (χ1) is 9.69. The summed E-state index contributed by atoms with van der Waals surface area (Å²) in [7, 11) is 0. The van der Waals surface area contributed by atoms with Gasteiger partial charge in [-0.25, -0.2) is 9.37 Å². The number of aromatic nitrogens is 1. The Morgan fingerprint density at radius 1 is 1.35 bits per heavy atom. The fraction of sp³-hybridized carbons (Fsp3) is 0.400. The van der Waals surface area contributed by atoms with E-state index in [1.165, 1.54) is 12.1 Å². The van der Waals surface area contributed by atoms with E-state index in [4.69, 9.17) is 0 Å². The number of thioether (sulfide) groups is 1. The fourth-order valence-electron chi connectivity index (χ4n) is 1.75. The highest BCUT2D eigenvalue weighted by Gasteiger charge is 2.05. The van der Waals surface area contributed by atoms with Crippen LogP contribution in [0.5, 0.6) is 0 Å². The predicted octanol–water partition coefficient (Wildman–Crippen LogP) is 4.18. The molecule has 0 saturated heterocycles. The van der Waals surface area contributed by atoms with E-state index >= 15 is 0 Å². The maximum Gasteiger partial charge on any atom is 0.123 e. The van der Waals surface area contributed by atoms with Gasteiger partial charge in [-0.3, -0.25) is 0 Å². The Labute approximate surface area is 127 Å². The molecule has 0 aliphatic heterocycles. The van der Waals surface area contributed by atoms with Gasteiger partial charge in [-0.1, -0.05) is 6.92 Å². The van der Waals surface area contributed by atoms with Gasteiger partial charge in [0, 0.05) is 22.7 Å². The van der Waals surface area contributed by atoms with Crippen molar-refractivity contribution >= 4 is 23.1 Å². The number of rotatable bonds is 7. The van der Waals surface area contributed by atoms with Crippen molar-refractivity contribution in [2.45, 2.75) is 25.1 Å². The molecule has 0 spiro atoms. The van der Waals surface area contributed by atoms with Crippen LogP contribution in [0.3, 0.4) is 0 Å². The average molecular weight is 310 g/mol.